The summed E-state index contributed by atoms with van der Waals surface area (Å²) in [7, 11) is 0. The fraction of sp³-hybridized carbons (Fsp3) is 0.438. The van der Waals surface area contributed by atoms with Crippen LogP contribution in [0, 0.1) is 11.8 Å². The van der Waals surface area contributed by atoms with Crippen LogP contribution in [0.4, 0.5) is 0 Å². The van der Waals surface area contributed by atoms with Crippen molar-refractivity contribution in [3.8, 4) is 0 Å². The quantitative estimate of drug-likeness (QED) is 0.145. The lowest BCUT2D eigenvalue weighted by molar-refractivity contribution is -0.124. The Labute approximate surface area is 257 Å². The molecular weight excluding hydrogens is 564 g/mol. The van der Waals surface area contributed by atoms with Crippen LogP contribution in [0.5, 0.6) is 0 Å². The van der Waals surface area contributed by atoms with Crippen molar-refractivity contribution in [2.75, 3.05) is 26.2 Å². The number of ketones is 2. The monoisotopic (exact) mass is 606 g/mol. The summed E-state index contributed by atoms with van der Waals surface area (Å²) >= 11 is 0. The molecule has 0 aromatic heterocycles. The van der Waals surface area contributed by atoms with Crippen LogP contribution in [-0.2, 0) is 9.59 Å². The van der Waals surface area contributed by atoms with Gasteiger partial charge >= 0.3 is 0 Å². The van der Waals surface area contributed by atoms with Gasteiger partial charge in [-0.3, -0.25) is 28.8 Å². The van der Waals surface area contributed by atoms with Gasteiger partial charge in [-0.1, -0.05) is 40.5 Å². The normalized spacial score (nSPS) is 14.8. The van der Waals surface area contributed by atoms with E-state index in [2.05, 4.69) is 21.3 Å². The van der Waals surface area contributed by atoms with Crippen molar-refractivity contribution in [3.63, 3.8) is 0 Å². The molecule has 8 N–H and O–H groups in total. The molecule has 1 aliphatic rings. The zero-order valence-electron chi connectivity index (χ0n) is 25.6. The lowest BCUT2D eigenvalue weighted by Crippen LogP contribution is -2.46. The van der Waals surface area contributed by atoms with E-state index in [0.29, 0.717) is 0 Å². The predicted molar refractivity (Wildman–Crippen MR) is 165 cm³/mol. The maximum absolute atomic E-state index is 13.4. The van der Waals surface area contributed by atoms with Gasteiger partial charge in [0.15, 0.2) is 11.6 Å². The van der Waals surface area contributed by atoms with E-state index in [-0.39, 0.29) is 83.2 Å². The fourth-order valence-corrected chi connectivity index (χ4v) is 4.62. The van der Waals surface area contributed by atoms with Crippen LogP contribution >= 0.6 is 0 Å². The molecule has 12 nitrogen and oxygen atoms in total. The minimum atomic E-state index is -0.638. The van der Waals surface area contributed by atoms with E-state index in [1.54, 1.807) is 0 Å². The molecule has 0 heterocycles. The first kappa shape index (κ1) is 34.1. The van der Waals surface area contributed by atoms with Crippen LogP contribution in [0.3, 0.4) is 0 Å². The number of rotatable bonds is 14. The highest BCUT2D eigenvalue weighted by Crippen LogP contribution is 2.29. The highest BCUT2D eigenvalue weighted by atomic mass is 16.2. The molecule has 0 saturated carbocycles. The molecule has 1 aliphatic carbocycles. The van der Waals surface area contributed by atoms with Crippen LogP contribution in [0.1, 0.15) is 93.1 Å². The third kappa shape index (κ3) is 7.94. The third-order valence-corrected chi connectivity index (χ3v) is 8.08. The van der Waals surface area contributed by atoms with Crippen molar-refractivity contribution in [2.45, 2.75) is 52.6 Å². The number of nitrogens with one attached hydrogen (secondary N) is 4. The van der Waals surface area contributed by atoms with Crippen molar-refractivity contribution in [2.24, 2.45) is 23.3 Å². The van der Waals surface area contributed by atoms with Gasteiger partial charge in [0.2, 0.25) is 11.8 Å². The number of hydrogen-bond donors (Lipinski definition) is 6. The Morgan fingerprint density at radius 2 is 0.932 bits per heavy atom. The average molecular weight is 607 g/mol. The summed E-state index contributed by atoms with van der Waals surface area (Å²) in [5, 5.41) is 10.7. The van der Waals surface area contributed by atoms with Gasteiger partial charge in [-0.2, -0.15) is 0 Å². The van der Waals surface area contributed by atoms with E-state index < -0.39 is 35.5 Å². The average Bonchev–Trinajstić information content (AvgIpc) is 3.04. The molecule has 0 unspecified atom stereocenters. The lowest BCUT2D eigenvalue weighted by Gasteiger charge is -2.19. The van der Waals surface area contributed by atoms with Gasteiger partial charge in [-0.25, -0.2) is 0 Å². The molecule has 0 aliphatic heterocycles. The summed E-state index contributed by atoms with van der Waals surface area (Å²) in [5.74, 6) is -2.40. The third-order valence-electron chi connectivity index (χ3n) is 8.08. The summed E-state index contributed by atoms with van der Waals surface area (Å²) in [6, 6.07) is 7.21. The second-order valence-electron chi connectivity index (χ2n) is 11.1. The molecule has 4 amide bonds. The number of fused-ring (bicyclic) bond motifs is 2. The number of carbonyl (C=O) groups is 6. The summed E-state index contributed by atoms with van der Waals surface area (Å²) < 4.78 is 0. The lowest BCUT2D eigenvalue weighted by atomic mass is 9.82. The number of hydrogen-bond acceptors (Lipinski definition) is 8. The number of nitrogens with two attached hydrogens (primary N) is 2. The van der Waals surface area contributed by atoms with Crippen molar-refractivity contribution < 1.29 is 28.8 Å². The molecule has 44 heavy (non-hydrogen) atoms. The van der Waals surface area contributed by atoms with Crippen LogP contribution in [0.25, 0.3) is 0 Å². The largest absolute Gasteiger partial charge is 0.353 e. The van der Waals surface area contributed by atoms with E-state index in [0.717, 1.165) is 12.8 Å². The Balaban J connectivity index is 1.62. The molecular formula is C32H42N6O6. The van der Waals surface area contributed by atoms with Crippen LogP contribution < -0.4 is 32.7 Å². The first-order chi connectivity index (χ1) is 20.9. The van der Waals surface area contributed by atoms with Crippen LogP contribution in [-0.4, -0.2) is 73.5 Å². The standard InChI is InChI=1S/C32H42N6O6/c1-5-17(3)25(33)31(43)37-13-11-35-29(41)19-7-9-21-23(15-19)28(40)24-16-20(8-10-22(24)27(21)39)30(42)36-12-14-38-32(44)26(34)18(4)6-2/h7-10,15-18,25-26H,5-6,11-14,33-34H2,1-4H3,(H,35,41)(H,36,42)(H,37,43)(H,38,44)/t17-,18-,25-,26-/m0/s1. The SMILES string of the molecule is CC[C@H](C)[C@H](N)C(=O)NCCNC(=O)c1ccc2c(c1)C(=O)c1cc(C(=O)NCCNC(=O)[C@@H](N)[C@@H](C)CC)ccc1C2=O. The predicted octanol–water partition coefficient (Wildman–Crippen LogP) is 0.901. The Kier molecular flexibility index (Phi) is 11.9. The van der Waals surface area contributed by atoms with Gasteiger partial charge < -0.3 is 32.7 Å². The van der Waals surface area contributed by atoms with Gasteiger partial charge in [0.05, 0.1) is 12.1 Å². The van der Waals surface area contributed by atoms with E-state index in [1.165, 1.54) is 36.4 Å². The van der Waals surface area contributed by atoms with Gasteiger partial charge in [-0.15, -0.1) is 0 Å². The number of benzene rings is 2. The van der Waals surface area contributed by atoms with E-state index >= 15 is 0 Å². The number of carbonyl (C=O) groups excluding carboxylic acids is 6. The molecule has 4 atom stereocenters. The molecule has 236 valence electrons. The van der Waals surface area contributed by atoms with Crippen LogP contribution in [0.15, 0.2) is 36.4 Å². The molecule has 2 aromatic rings. The van der Waals surface area contributed by atoms with Gasteiger partial charge in [0, 0.05) is 59.6 Å². The van der Waals surface area contributed by atoms with Crippen molar-refractivity contribution in [3.05, 3.63) is 69.8 Å². The topological polar surface area (TPSA) is 203 Å². The maximum Gasteiger partial charge on any atom is 0.251 e. The summed E-state index contributed by atoms with van der Waals surface area (Å²) in [6.07, 6.45) is 1.53. The van der Waals surface area contributed by atoms with E-state index in [1.807, 2.05) is 27.7 Å². The number of amides is 4. The van der Waals surface area contributed by atoms with Crippen molar-refractivity contribution in [1.29, 1.82) is 0 Å². The van der Waals surface area contributed by atoms with Gasteiger partial charge in [0.25, 0.3) is 11.8 Å². The molecule has 0 fully saturated rings. The zero-order valence-corrected chi connectivity index (χ0v) is 25.6. The summed E-state index contributed by atoms with van der Waals surface area (Å²) in [5.41, 5.74) is 12.6. The zero-order chi connectivity index (χ0) is 32.6. The fourth-order valence-electron chi connectivity index (χ4n) is 4.62. The van der Waals surface area contributed by atoms with Crippen LogP contribution in [0.2, 0.25) is 0 Å². The Morgan fingerprint density at radius 1 is 0.591 bits per heavy atom. The second kappa shape index (κ2) is 15.3. The second-order valence-corrected chi connectivity index (χ2v) is 11.1. The van der Waals surface area contributed by atoms with E-state index in [9.17, 15) is 28.8 Å². The van der Waals surface area contributed by atoms with Crippen molar-refractivity contribution in [1.82, 2.24) is 21.3 Å². The Hall–Kier alpha value is -4.42. The summed E-state index contributed by atoms with van der Waals surface area (Å²) in [6.45, 7) is 8.29. The summed E-state index contributed by atoms with van der Waals surface area (Å²) in [4.78, 5) is 76.4. The molecule has 12 heteroatoms. The highest BCUT2D eigenvalue weighted by Gasteiger charge is 2.31. The first-order valence-corrected chi connectivity index (χ1v) is 14.9. The highest BCUT2D eigenvalue weighted by molar-refractivity contribution is 6.29. The molecule has 2 aromatic carbocycles. The van der Waals surface area contributed by atoms with Crippen molar-refractivity contribution >= 4 is 35.2 Å². The first-order valence-electron chi connectivity index (χ1n) is 14.9. The molecule has 0 saturated heterocycles. The molecule has 3 rings (SSSR count). The Morgan fingerprint density at radius 3 is 1.30 bits per heavy atom. The maximum atomic E-state index is 13.4. The van der Waals surface area contributed by atoms with Gasteiger partial charge in [0.1, 0.15) is 0 Å². The smallest absolute Gasteiger partial charge is 0.251 e. The molecule has 0 spiro atoms. The minimum absolute atomic E-state index is 0.0225. The van der Waals surface area contributed by atoms with E-state index in [4.69, 9.17) is 11.5 Å². The van der Waals surface area contributed by atoms with Gasteiger partial charge in [-0.05, 0) is 48.2 Å². The Bertz CT molecular complexity index is 1340. The molecule has 0 bridgehead atoms. The molecule has 0 radical (unpaired) electrons. The minimum Gasteiger partial charge on any atom is -0.353 e.